The van der Waals surface area contributed by atoms with E-state index in [1.807, 2.05) is 6.08 Å². The fourth-order valence-corrected chi connectivity index (χ4v) is 2.05. The molecular formula is C16H32. The van der Waals surface area contributed by atoms with Crippen molar-refractivity contribution < 1.29 is 0 Å². The summed E-state index contributed by atoms with van der Waals surface area (Å²) in [6, 6.07) is 0. The van der Waals surface area contributed by atoms with E-state index in [0.29, 0.717) is 0 Å². The third-order valence-electron chi connectivity index (χ3n) is 3.55. The molecule has 0 rings (SSSR count). The van der Waals surface area contributed by atoms with Crippen LogP contribution >= 0.6 is 0 Å². The number of hydrogen-bond acceptors (Lipinski definition) is 0. The molecule has 0 radical (unpaired) electrons. The van der Waals surface area contributed by atoms with Gasteiger partial charge in [-0.3, -0.25) is 0 Å². The van der Waals surface area contributed by atoms with Crippen molar-refractivity contribution >= 4 is 0 Å². The molecule has 1 unspecified atom stereocenters. The molecule has 0 bridgehead atoms. The Balaban J connectivity index is 2.96. The lowest BCUT2D eigenvalue weighted by atomic mass is 9.99. The normalized spacial score (nSPS) is 12.6. The van der Waals surface area contributed by atoms with E-state index in [0.717, 1.165) is 5.92 Å². The van der Waals surface area contributed by atoms with Crippen molar-refractivity contribution in [3.63, 3.8) is 0 Å². The smallest absolute Gasteiger partial charge is 0.0353 e. The van der Waals surface area contributed by atoms with Gasteiger partial charge in [-0.2, -0.15) is 0 Å². The minimum Gasteiger partial charge on any atom is -0.103 e. The molecule has 0 nitrogen and oxygen atoms in total. The molecule has 0 heterocycles. The minimum absolute atomic E-state index is 0.943. The topological polar surface area (TPSA) is 0 Å². The Labute approximate surface area is 104 Å². The highest BCUT2D eigenvalue weighted by molar-refractivity contribution is 4.65. The summed E-state index contributed by atoms with van der Waals surface area (Å²) in [5.41, 5.74) is 0. The summed E-state index contributed by atoms with van der Waals surface area (Å²) in [5.74, 6) is 0.943. The average Bonchev–Trinajstić information content (AvgIpc) is 2.31. The van der Waals surface area contributed by atoms with Crippen LogP contribution in [0.3, 0.4) is 0 Å². The second-order valence-electron chi connectivity index (χ2n) is 5.21. The highest BCUT2D eigenvalue weighted by Crippen LogP contribution is 2.14. The van der Waals surface area contributed by atoms with Gasteiger partial charge in [-0.25, -0.2) is 0 Å². The van der Waals surface area contributed by atoms with E-state index < -0.39 is 0 Å². The SMILES string of the molecule is C=CCCCCCCCCCCC(C)CC. The predicted molar refractivity (Wildman–Crippen MR) is 75.8 cm³/mol. The van der Waals surface area contributed by atoms with Gasteiger partial charge >= 0.3 is 0 Å². The Morgan fingerprint density at radius 3 is 1.88 bits per heavy atom. The molecule has 0 amide bonds. The standard InChI is InChI=1S/C16H32/c1-4-6-7-8-9-10-11-12-13-14-15-16(3)5-2/h4,16H,1,5-15H2,2-3H3. The van der Waals surface area contributed by atoms with Gasteiger partial charge in [-0.15, -0.1) is 6.58 Å². The summed E-state index contributed by atoms with van der Waals surface area (Å²) in [6.07, 6.45) is 17.5. The molecule has 0 aliphatic carbocycles. The van der Waals surface area contributed by atoms with Crippen LogP contribution in [0.2, 0.25) is 0 Å². The molecule has 0 spiro atoms. The lowest BCUT2D eigenvalue weighted by molar-refractivity contribution is 0.469. The van der Waals surface area contributed by atoms with E-state index in [9.17, 15) is 0 Å². The maximum atomic E-state index is 3.75. The van der Waals surface area contributed by atoms with Crippen LogP contribution in [0, 0.1) is 5.92 Å². The zero-order chi connectivity index (χ0) is 12.1. The highest BCUT2D eigenvalue weighted by Gasteiger charge is 1.97. The molecule has 96 valence electrons. The first-order chi connectivity index (χ1) is 7.81. The Hall–Kier alpha value is -0.260. The molecule has 16 heavy (non-hydrogen) atoms. The van der Waals surface area contributed by atoms with Crippen LogP contribution in [0.5, 0.6) is 0 Å². The maximum absolute atomic E-state index is 3.75. The molecule has 0 aromatic heterocycles. The zero-order valence-corrected chi connectivity index (χ0v) is 11.6. The summed E-state index contributed by atoms with van der Waals surface area (Å²) in [5, 5.41) is 0. The molecule has 0 aromatic rings. The van der Waals surface area contributed by atoms with Crippen LogP contribution in [0.25, 0.3) is 0 Å². The Kier molecular flexibility index (Phi) is 12.6. The van der Waals surface area contributed by atoms with E-state index in [-0.39, 0.29) is 0 Å². The molecule has 1 atom stereocenters. The first-order valence-corrected chi connectivity index (χ1v) is 7.42. The van der Waals surface area contributed by atoms with Gasteiger partial charge in [0.2, 0.25) is 0 Å². The van der Waals surface area contributed by atoms with Crippen molar-refractivity contribution in [2.24, 2.45) is 5.92 Å². The molecule has 0 aromatic carbocycles. The lowest BCUT2D eigenvalue weighted by Gasteiger charge is -2.07. The molecule has 0 saturated heterocycles. The Morgan fingerprint density at radius 2 is 1.38 bits per heavy atom. The second kappa shape index (κ2) is 12.8. The number of hydrogen-bond donors (Lipinski definition) is 0. The van der Waals surface area contributed by atoms with Gasteiger partial charge in [0.1, 0.15) is 0 Å². The Morgan fingerprint density at radius 1 is 0.875 bits per heavy atom. The third kappa shape index (κ3) is 11.8. The molecule has 0 fully saturated rings. The van der Waals surface area contributed by atoms with Gasteiger partial charge in [0.05, 0.1) is 0 Å². The Bertz CT molecular complexity index is 137. The molecule has 0 saturated carbocycles. The highest BCUT2D eigenvalue weighted by atomic mass is 14.0. The number of unbranched alkanes of at least 4 members (excludes halogenated alkanes) is 8. The van der Waals surface area contributed by atoms with Crippen LogP contribution in [0.4, 0.5) is 0 Å². The van der Waals surface area contributed by atoms with E-state index in [4.69, 9.17) is 0 Å². The summed E-state index contributed by atoms with van der Waals surface area (Å²) in [6.45, 7) is 8.42. The number of allylic oxidation sites excluding steroid dienone is 1. The zero-order valence-electron chi connectivity index (χ0n) is 11.6. The monoisotopic (exact) mass is 224 g/mol. The van der Waals surface area contributed by atoms with Gasteiger partial charge in [0, 0.05) is 0 Å². The van der Waals surface area contributed by atoms with Crippen molar-refractivity contribution in [1.29, 1.82) is 0 Å². The molecular weight excluding hydrogens is 192 g/mol. The van der Waals surface area contributed by atoms with Crippen molar-refractivity contribution in [3.05, 3.63) is 12.7 Å². The minimum atomic E-state index is 0.943. The van der Waals surface area contributed by atoms with Crippen LogP contribution in [0.1, 0.15) is 84.5 Å². The van der Waals surface area contributed by atoms with Crippen molar-refractivity contribution in [2.75, 3.05) is 0 Å². The first kappa shape index (κ1) is 15.7. The molecule has 0 N–H and O–H groups in total. The van der Waals surface area contributed by atoms with E-state index >= 15 is 0 Å². The summed E-state index contributed by atoms with van der Waals surface area (Å²) >= 11 is 0. The summed E-state index contributed by atoms with van der Waals surface area (Å²) in [4.78, 5) is 0. The fourth-order valence-electron chi connectivity index (χ4n) is 2.05. The largest absolute Gasteiger partial charge is 0.103 e. The van der Waals surface area contributed by atoms with Crippen LogP contribution in [-0.4, -0.2) is 0 Å². The molecule has 0 aliphatic rings. The van der Waals surface area contributed by atoms with Gasteiger partial charge in [-0.05, 0) is 18.8 Å². The van der Waals surface area contributed by atoms with E-state index in [1.54, 1.807) is 0 Å². The van der Waals surface area contributed by atoms with Gasteiger partial charge in [0.15, 0.2) is 0 Å². The predicted octanol–water partition coefficient (Wildman–Crippen LogP) is 6.12. The average molecular weight is 224 g/mol. The van der Waals surface area contributed by atoms with Gasteiger partial charge in [0.25, 0.3) is 0 Å². The lowest BCUT2D eigenvalue weighted by Crippen LogP contribution is -1.91. The van der Waals surface area contributed by atoms with Crippen molar-refractivity contribution in [1.82, 2.24) is 0 Å². The molecule has 0 heteroatoms. The summed E-state index contributed by atoms with van der Waals surface area (Å²) in [7, 11) is 0. The van der Waals surface area contributed by atoms with Crippen LogP contribution < -0.4 is 0 Å². The summed E-state index contributed by atoms with van der Waals surface area (Å²) < 4.78 is 0. The van der Waals surface area contributed by atoms with Crippen molar-refractivity contribution in [2.45, 2.75) is 84.5 Å². The van der Waals surface area contributed by atoms with Crippen LogP contribution in [0.15, 0.2) is 12.7 Å². The second-order valence-corrected chi connectivity index (χ2v) is 5.21. The molecule has 0 aliphatic heterocycles. The fraction of sp³-hybridized carbons (Fsp3) is 0.875. The van der Waals surface area contributed by atoms with Gasteiger partial charge < -0.3 is 0 Å². The van der Waals surface area contributed by atoms with Gasteiger partial charge in [-0.1, -0.05) is 77.7 Å². The quantitative estimate of drug-likeness (QED) is 0.277. The van der Waals surface area contributed by atoms with Crippen molar-refractivity contribution in [3.8, 4) is 0 Å². The van der Waals surface area contributed by atoms with E-state index in [1.165, 1.54) is 70.6 Å². The van der Waals surface area contributed by atoms with Crippen LogP contribution in [-0.2, 0) is 0 Å². The maximum Gasteiger partial charge on any atom is -0.0353 e. The van der Waals surface area contributed by atoms with E-state index in [2.05, 4.69) is 20.4 Å². The first-order valence-electron chi connectivity index (χ1n) is 7.42. The third-order valence-corrected chi connectivity index (χ3v) is 3.55. The number of rotatable bonds is 12.